The molecule has 0 spiro atoms. The van der Waals surface area contributed by atoms with Gasteiger partial charge in [-0.2, -0.15) is 0 Å². The first-order valence-electron chi connectivity index (χ1n) is 17.1. The van der Waals surface area contributed by atoms with Crippen molar-refractivity contribution >= 4 is 11.4 Å². The lowest BCUT2D eigenvalue weighted by Gasteiger charge is -2.24. The van der Waals surface area contributed by atoms with Crippen molar-refractivity contribution in [3.05, 3.63) is 94.2 Å². The average molecular weight is 627 g/mol. The summed E-state index contributed by atoms with van der Waals surface area (Å²) in [6, 6.07) is 20.1. The van der Waals surface area contributed by atoms with Gasteiger partial charge in [-0.25, -0.2) is 0 Å². The number of methoxy groups -OCH3 is 3. The van der Waals surface area contributed by atoms with Crippen molar-refractivity contribution in [3.63, 3.8) is 0 Å². The summed E-state index contributed by atoms with van der Waals surface area (Å²) in [4.78, 5) is 14.0. The summed E-state index contributed by atoms with van der Waals surface area (Å²) in [7, 11) is 4.79. The first kappa shape index (κ1) is 35.1. The van der Waals surface area contributed by atoms with E-state index < -0.39 is 0 Å². The van der Waals surface area contributed by atoms with Gasteiger partial charge in [0.05, 0.1) is 21.3 Å². The van der Waals surface area contributed by atoms with Crippen LogP contribution in [0.2, 0.25) is 0 Å². The van der Waals surface area contributed by atoms with E-state index in [4.69, 9.17) is 18.9 Å². The van der Waals surface area contributed by atoms with Crippen LogP contribution in [-0.2, 0) is 24.2 Å². The van der Waals surface area contributed by atoms with Gasteiger partial charge >= 0.3 is 0 Å². The Morgan fingerprint density at radius 1 is 0.696 bits per heavy atom. The number of carbonyl (C=O) groups excluding carboxylic acids is 1. The van der Waals surface area contributed by atoms with Crippen LogP contribution in [-0.4, -0.2) is 27.1 Å². The second-order valence-electron chi connectivity index (χ2n) is 13.5. The number of benzene rings is 3. The molecule has 2 unspecified atom stereocenters. The number of rotatable bonds is 18. The zero-order valence-electron chi connectivity index (χ0n) is 29.1. The molecular weight excluding hydrogens is 572 g/mol. The van der Waals surface area contributed by atoms with E-state index in [1.54, 1.807) is 21.3 Å². The van der Waals surface area contributed by atoms with Gasteiger partial charge in [0, 0.05) is 17.6 Å². The molecule has 0 aromatic heterocycles. The fourth-order valence-electron chi connectivity index (χ4n) is 6.46. The van der Waals surface area contributed by atoms with Crippen LogP contribution in [0.4, 0.5) is 0 Å². The molecule has 0 radical (unpaired) electrons. The summed E-state index contributed by atoms with van der Waals surface area (Å²) in [6.45, 7) is 9.73. The van der Waals surface area contributed by atoms with Gasteiger partial charge in [0.2, 0.25) is 11.5 Å². The van der Waals surface area contributed by atoms with E-state index in [9.17, 15) is 4.79 Å². The molecule has 248 valence electrons. The predicted octanol–water partition coefficient (Wildman–Crippen LogP) is 10.3. The molecule has 1 aliphatic rings. The maximum atomic E-state index is 14.0. The van der Waals surface area contributed by atoms with E-state index in [0.717, 1.165) is 46.9 Å². The Kier molecular flexibility index (Phi) is 13.2. The Morgan fingerprint density at radius 2 is 1.33 bits per heavy atom. The van der Waals surface area contributed by atoms with Crippen LogP contribution in [0, 0.1) is 17.8 Å². The zero-order chi connectivity index (χ0) is 33.1. The van der Waals surface area contributed by atoms with E-state index in [1.165, 1.54) is 44.1 Å². The van der Waals surface area contributed by atoms with Gasteiger partial charge in [-0.05, 0) is 65.0 Å². The van der Waals surface area contributed by atoms with E-state index in [-0.39, 0.29) is 5.78 Å². The highest BCUT2D eigenvalue weighted by molar-refractivity contribution is 6.15. The molecule has 0 N–H and O–H groups in total. The lowest BCUT2D eigenvalue weighted by Crippen LogP contribution is -2.19. The quantitative estimate of drug-likeness (QED) is 0.141. The summed E-state index contributed by atoms with van der Waals surface area (Å²) >= 11 is 0. The van der Waals surface area contributed by atoms with Crippen molar-refractivity contribution in [1.29, 1.82) is 0 Å². The fraction of sp³-hybridized carbons (Fsp3) is 0.488. The van der Waals surface area contributed by atoms with Crippen LogP contribution < -0.4 is 14.2 Å². The smallest absolute Gasteiger partial charge is 0.228 e. The lowest BCUT2D eigenvalue weighted by atomic mass is 9.84. The Morgan fingerprint density at radius 3 is 1.93 bits per heavy atom. The molecule has 0 aliphatic heterocycles. The van der Waals surface area contributed by atoms with E-state index >= 15 is 0 Å². The summed E-state index contributed by atoms with van der Waals surface area (Å²) in [5, 5.41) is 0. The van der Waals surface area contributed by atoms with Gasteiger partial charge in [-0.3, -0.25) is 4.79 Å². The summed E-state index contributed by atoms with van der Waals surface area (Å²) < 4.78 is 23.2. The molecule has 5 heteroatoms. The molecule has 5 nitrogen and oxygen atoms in total. The Hall–Kier alpha value is -3.73. The van der Waals surface area contributed by atoms with E-state index in [1.807, 2.05) is 48.5 Å². The molecule has 1 aliphatic carbocycles. The van der Waals surface area contributed by atoms with Crippen LogP contribution in [0.5, 0.6) is 17.2 Å². The number of Topliss-reactive ketones (excluding diaryl/α,β-unsaturated/α-hetero) is 1. The predicted molar refractivity (Wildman–Crippen MR) is 188 cm³/mol. The normalized spacial score (nSPS) is 14.2. The van der Waals surface area contributed by atoms with Crippen molar-refractivity contribution in [2.75, 3.05) is 21.3 Å². The third-order valence-electron chi connectivity index (χ3n) is 9.30. The third-order valence-corrected chi connectivity index (χ3v) is 9.30. The summed E-state index contributed by atoms with van der Waals surface area (Å²) in [6.07, 6.45) is 10.7. The molecule has 0 amide bonds. The maximum absolute atomic E-state index is 14.0. The highest BCUT2D eigenvalue weighted by atomic mass is 16.5. The number of carbonyl (C=O) groups is 1. The summed E-state index contributed by atoms with van der Waals surface area (Å²) in [5.41, 5.74) is 5.65. The van der Waals surface area contributed by atoms with Crippen LogP contribution in [0.1, 0.15) is 105 Å². The first-order chi connectivity index (χ1) is 22.2. The Labute approximate surface area is 277 Å². The zero-order valence-corrected chi connectivity index (χ0v) is 29.1. The van der Waals surface area contributed by atoms with Crippen molar-refractivity contribution < 1.29 is 23.7 Å². The van der Waals surface area contributed by atoms with E-state index in [0.29, 0.717) is 47.5 Å². The highest BCUT2D eigenvalue weighted by Crippen LogP contribution is 2.43. The standard InChI is InChI=1S/C41H54O5/c1-28(2)13-11-14-29(3)15-12-16-30(4)19-20-31-21-22-35-33(23-31)24-36(34-25-37(43-5)41(45-7)38(26-34)44-6)40(39(35)42)46-27-32-17-9-8-10-18-32/h8-10,17-18,21-23,25-26,28-30H,11-16,19-20,24,27H2,1-7H3. The van der Waals surface area contributed by atoms with Gasteiger partial charge in [0.1, 0.15) is 6.61 Å². The number of ketones is 1. The molecule has 0 fully saturated rings. The second kappa shape index (κ2) is 17.3. The largest absolute Gasteiger partial charge is 0.493 e. The molecule has 0 saturated carbocycles. The lowest BCUT2D eigenvalue weighted by molar-refractivity contribution is 0.0902. The van der Waals surface area contributed by atoms with Gasteiger partial charge in [0.15, 0.2) is 17.3 Å². The topological polar surface area (TPSA) is 54.0 Å². The molecule has 46 heavy (non-hydrogen) atoms. The van der Waals surface area contributed by atoms with Gasteiger partial charge in [0.25, 0.3) is 0 Å². The molecule has 4 rings (SSSR count). The van der Waals surface area contributed by atoms with Crippen LogP contribution in [0.3, 0.4) is 0 Å². The Balaban J connectivity index is 1.50. The minimum Gasteiger partial charge on any atom is -0.493 e. The van der Waals surface area contributed by atoms with Crippen molar-refractivity contribution in [2.45, 2.75) is 92.1 Å². The van der Waals surface area contributed by atoms with Crippen LogP contribution in [0.25, 0.3) is 5.57 Å². The number of allylic oxidation sites excluding steroid dienone is 2. The SMILES string of the molecule is COc1cc(C2=C(OCc3ccccc3)C(=O)c3ccc(CCC(C)CCCC(C)CCCC(C)C)cc3C2)cc(OC)c1OC. The number of hydrogen-bond donors (Lipinski definition) is 0. The second-order valence-corrected chi connectivity index (χ2v) is 13.5. The van der Waals surface area contributed by atoms with Gasteiger partial charge < -0.3 is 18.9 Å². The van der Waals surface area contributed by atoms with Gasteiger partial charge in [-0.15, -0.1) is 0 Å². The minimum atomic E-state index is -0.0941. The molecule has 0 bridgehead atoms. The van der Waals surface area contributed by atoms with Crippen molar-refractivity contribution in [2.24, 2.45) is 17.8 Å². The first-order valence-corrected chi connectivity index (χ1v) is 17.1. The average Bonchev–Trinajstić information content (AvgIpc) is 3.06. The highest BCUT2D eigenvalue weighted by Gasteiger charge is 2.30. The summed E-state index contributed by atoms with van der Waals surface area (Å²) in [5.74, 6) is 4.16. The van der Waals surface area contributed by atoms with Crippen LogP contribution in [0.15, 0.2) is 66.4 Å². The maximum Gasteiger partial charge on any atom is 0.228 e. The molecule has 3 aromatic rings. The van der Waals surface area contributed by atoms with Gasteiger partial charge in [-0.1, -0.05) is 115 Å². The Bertz CT molecular complexity index is 1430. The number of hydrogen-bond acceptors (Lipinski definition) is 5. The molecule has 0 heterocycles. The van der Waals surface area contributed by atoms with Crippen LogP contribution >= 0.6 is 0 Å². The molecule has 3 aromatic carbocycles. The number of fused-ring (bicyclic) bond motifs is 1. The molecule has 0 saturated heterocycles. The number of ether oxygens (including phenoxy) is 4. The van der Waals surface area contributed by atoms with E-state index in [2.05, 4.69) is 39.8 Å². The van der Waals surface area contributed by atoms with Crippen molar-refractivity contribution in [1.82, 2.24) is 0 Å². The minimum absolute atomic E-state index is 0.0941. The fourth-order valence-corrected chi connectivity index (χ4v) is 6.46. The number of aryl methyl sites for hydroxylation is 1. The molecular formula is C41H54O5. The molecule has 2 atom stereocenters. The third kappa shape index (κ3) is 9.40. The van der Waals surface area contributed by atoms with Crippen molar-refractivity contribution in [3.8, 4) is 17.2 Å². The monoisotopic (exact) mass is 626 g/mol.